The van der Waals surface area contributed by atoms with E-state index in [9.17, 15) is 18.5 Å². The van der Waals surface area contributed by atoms with E-state index >= 15 is 0 Å². The van der Waals surface area contributed by atoms with Crippen molar-refractivity contribution >= 4 is 16.3 Å². The second kappa shape index (κ2) is 9.01. The highest BCUT2D eigenvalue weighted by atomic mass is 32.2. The Balaban J connectivity index is 2.49. The summed E-state index contributed by atoms with van der Waals surface area (Å²) in [4.78, 5) is 11.7. The molecule has 2 rings (SSSR count). The van der Waals surface area contributed by atoms with Crippen molar-refractivity contribution in [3.8, 4) is 6.07 Å². The minimum atomic E-state index is -4.25. The molecule has 1 fully saturated rings. The van der Waals surface area contributed by atoms with Crippen molar-refractivity contribution in [2.75, 3.05) is 6.61 Å². The first-order valence-corrected chi connectivity index (χ1v) is 10.4. The average Bonchev–Trinajstić information content (AvgIpc) is 2.72. The van der Waals surface area contributed by atoms with Crippen LogP contribution in [-0.4, -0.2) is 38.7 Å². The Hall–Kier alpha value is -1.99. The number of carbonyl (C=O) groups excluding carboxylic acids is 1. The maximum absolute atomic E-state index is 12.3. The number of carbonyl (C=O) groups is 1. The quantitative estimate of drug-likeness (QED) is 0.713. The predicted molar refractivity (Wildman–Crippen MR) is 101 cm³/mol. The third-order valence-electron chi connectivity index (χ3n) is 4.55. The van der Waals surface area contributed by atoms with Gasteiger partial charge < -0.3 is 9.47 Å². The number of hydrogen-bond donors (Lipinski definition) is 1. The van der Waals surface area contributed by atoms with Crippen molar-refractivity contribution in [3.05, 3.63) is 35.9 Å². The normalized spacial score (nSPS) is 28.1. The molecule has 1 saturated heterocycles. The zero-order valence-electron chi connectivity index (χ0n) is 16.4. The third kappa shape index (κ3) is 5.08. The molecular weight excluding hydrogens is 384 g/mol. The summed E-state index contributed by atoms with van der Waals surface area (Å²) in [5.41, 5.74) is -0.977. The Morgan fingerprint density at radius 1 is 1.39 bits per heavy atom. The molecule has 0 saturated carbocycles. The van der Waals surface area contributed by atoms with Gasteiger partial charge in [0.05, 0.1) is 25.4 Å². The largest absolute Gasteiger partial charge is 0.459 e. The predicted octanol–water partition coefficient (Wildman–Crippen LogP) is 1.92. The Labute approximate surface area is 166 Å². The van der Waals surface area contributed by atoms with Gasteiger partial charge >= 0.3 is 16.3 Å². The number of nitriles is 1. The second-order valence-corrected chi connectivity index (χ2v) is 8.64. The van der Waals surface area contributed by atoms with Crippen LogP contribution in [0.25, 0.3) is 0 Å². The van der Waals surface area contributed by atoms with E-state index in [1.807, 2.05) is 50.2 Å². The molecule has 8 nitrogen and oxygen atoms in total. The van der Waals surface area contributed by atoms with Gasteiger partial charge in [0.25, 0.3) is 0 Å². The van der Waals surface area contributed by atoms with Crippen LogP contribution in [0, 0.1) is 23.2 Å². The number of nitrogens with one attached hydrogen (secondary N) is 1. The molecule has 28 heavy (non-hydrogen) atoms. The summed E-state index contributed by atoms with van der Waals surface area (Å²) in [5.74, 6) is -1.45. The Morgan fingerprint density at radius 3 is 2.57 bits per heavy atom. The number of hydrogen-bond acceptors (Lipinski definition) is 7. The van der Waals surface area contributed by atoms with Gasteiger partial charge in [0, 0.05) is 12.8 Å². The molecule has 0 aromatic heterocycles. The van der Waals surface area contributed by atoms with Crippen LogP contribution in [0.15, 0.2) is 30.3 Å². The van der Waals surface area contributed by atoms with Crippen LogP contribution in [-0.2, 0) is 35.4 Å². The summed E-state index contributed by atoms with van der Waals surface area (Å²) in [5, 5.41) is 10.1. The Bertz CT molecular complexity index is 821. The molecule has 154 valence electrons. The molecular formula is C19H26N2O6S. The van der Waals surface area contributed by atoms with Gasteiger partial charge in [-0.15, -0.1) is 0 Å². The van der Waals surface area contributed by atoms with Gasteiger partial charge in [-0.05, 0) is 11.5 Å². The summed E-state index contributed by atoms with van der Waals surface area (Å²) in [6.07, 6.45) is -1.99. The number of ether oxygens (including phenoxy) is 2. The molecule has 1 aliphatic heterocycles. The summed E-state index contributed by atoms with van der Waals surface area (Å²) < 4.78 is 43.4. The smallest absolute Gasteiger partial charge is 0.337 e. The van der Waals surface area contributed by atoms with E-state index in [4.69, 9.17) is 13.7 Å². The lowest BCUT2D eigenvalue weighted by Crippen LogP contribution is -2.66. The van der Waals surface area contributed by atoms with Gasteiger partial charge in [-0.3, -0.25) is 8.98 Å². The molecule has 0 aliphatic carbocycles. The molecule has 4 atom stereocenters. The van der Waals surface area contributed by atoms with Gasteiger partial charge in [0.2, 0.25) is 0 Å². The molecule has 0 amide bonds. The lowest BCUT2D eigenvalue weighted by Gasteiger charge is -2.41. The van der Waals surface area contributed by atoms with Crippen LogP contribution in [0.5, 0.6) is 0 Å². The molecule has 0 bridgehead atoms. The minimum absolute atomic E-state index is 0.164. The molecule has 1 N–H and O–H groups in total. The second-order valence-electron chi connectivity index (χ2n) is 7.29. The average molecular weight is 410 g/mol. The Kier molecular flexibility index (Phi) is 7.17. The third-order valence-corrected chi connectivity index (χ3v) is 5.58. The Morgan fingerprint density at radius 2 is 2.04 bits per heavy atom. The van der Waals surface area contributed by atoms with Crippen LogP contribution in [0.3, 0.4) is 0 Å². The maximum atomic E-state index is 12.3. The van der Waals surface area contributed by atoms with Crippen LogP contribution in [0.4, 0.5) is 0 Å². The molecule has 0 radical (unpaired) electrons. The van der Waals surface area contributed by atoms with Gasteiger partial charge in [-0.25, -0.2) is 0 Å². The first-order valence-electron chi connectivity index (χ1n) is 9.03. The van der Waals surface area contributed by atoms with E-state index in [-0.39, 0.29) is 19.1 Å². The lowest BCUT2D eigenvalue weighted by atomic mass is 9.78. The summed E-state index contributed by atoms with van der Waals surface area (Å²) in [6, 6.07) is 11.4. The SMILES string of the molecule is CC(=O)OC1C(C)COS(=O)(=O)NC1(C#N)C(OCc1ccccc1)C(C)C. The standard InChI is InChI=1S/C19H26N2O6S/c1-13(2)17(25-11-16-8-6-5-7-9-16)19(12-20)18(27-15(4)22)14(3)10-26-28(23,24)21-19/h5-9,13-14,17-18,21H,10-11H2,1-4H3. The van der Waals surface area contributed by atoms with Crippen molar-refractivity contribution in [1.82, 2.24) is 4.72 Å². The van der Waals surface area contributed by atoms with Crippen molar-refractivity contribution in [2.45, 2.75) is 52.0 Å². The first kappa shape index (κ1) is 22.3. The number of benzene rings is 1. The fourth-order valence-corrected chi connectivity index (χ4v) is 4.54. The van der Waals surface area contributed by atoms with E-state index in [0.29, 0.717) is 0 Å². The molecule has 0 spiro atoms. The first-order chi connectivity index (χ1) is 13.1. The lowest BCUT2D eigenvalue weighted by molar-refractivity contribution is -0.159. The molecule has 1 aliphatic rings. The zero-order chi connectivity index (χ0) is 20.9. The molecule has 1 heterocycles. The van der Waals surface area contributed by atoms with Crippen molar-refractivity contribution < 1.29 is 26.9 Å². The monoisotopic (exact) mass is 410 g/mol. The maximum Gasteiger partial charge on any atom is 0.337 e. The zero-order valence-corrected chi connectivity index (χ0v) is 17.2. The molecule has 9 heteroatoms. The van der Waals surface area contributed by atoms with Crippen molar-refractivity contribution in [1.29, 1.82) is 5.26 Å². The van der Waals surface area contributed by atoms with Crippen LogP contribution < -0.4 is 4.72 Å². The van der Waals surface area contributed by atoms with Gasteiger partial charge in [-0.2, -0.15) is 18.4 Å². The highest BCUT2D eigenvalue weighted by Gasteiger charge is 2.56. The number of nitrogens with zero attached hydrogens (tertiary/aromatic N) is 1. The summed E-state index contributed by atoms with van der Waals surface area (Å²) in [6.45, 7) is 6.44. The van der Waals surface area contributed by atoms with Gasteiger partial charge in [0.1, 0.15) is 6.10 Å². The highest BCUT2D eigenvalue weighted by molar-refractivity contribution is 7.84. The van der Waals surface area contributed by atoms with Gasteiger partial charge in [0.15, 0.2) is 5.54 Å². The minimum Gasteiger partial charge on any atom is -0.459 e. The fraction of sp³-hybridized carbons (Fsp3) is 0.579. The summed E-state index contributed by atoms with van der Waals surface area (Å²) in [7, 11) is -4.25. The topological polar surface area (TPSA) is 115 Å². The van der Waals surface area contributed by atoms with E-state index in [1.165, 1.54) is 6.92 Å². The number of esters is 1. The number of rotatable bonds is 6. The van der Waals surface area contributed by atoms with Crippen LogP contribution in [0.2, 0.25) is 0 Å². The molecule has 4 unspecified atom stereocenters. The molecule has 1 aromatic carbocycles. The van der Waals surface area contributed by atoms with Gasteiger partial charge in [-0.1, -0.05) is 51.1 Å². The van der Waals surface area contributed by atoms with E-state index in [0.717, 1.165) is 5.56 Å². The van der Waals surface area contributed by atoms with Crippen LogP contribution >= 0.6 is 0 Å². The van der Waals surface area contributed by atoms with Crippen molar-refractivity contribution in [3.63, 3.8) is 0 Å². The molecule has 1 aromatic rings. The van der Waals surface area contributed by atoms with Crippen molar-refractivity contribution in [2.24, 2.45) is 11.8 Å². The van der Waals surface area contributed by atoms with E-state index in [1.54, 1.807) is 6.92 Å². The fourth-order valence-electron chi connectivity index (χ4n) is 3.40. The summed E-state index contributed by atoms with van der Waals surface area (Å²) >= 11 is 0. The van der Waals surface area contributed by atoms with Crippen LogP contribution in [0.1, 0.15) is 33.3 Å². The highest BCUT2D eigenvalue weighted by Crippen LogP contribution is 2.34. The van der Waals surface area contributed by atoms with E-state index < -0.39 is 39.9 Å². The van der Waals surface area contributed by atoms with E-state index in [2.05, 4.69) is 4.72 Å².